The van der Waals surface area contributed by atoms with E-state index in [0.717, 1.165) is 18.4 Å². The van der Waals surface area contributed by atoms with Crippen LogP contribution < -0.4 is 10.1 Å². The van der Waals surface area contributed by atoms with Gasteiger partial charge in [0.25, 0.3) is 5.91 Å². The second kappa shape index (κ2) is 8.79. The van der Waals surface area contributed by atoms with Crippen molar-refractivity contribution in [2.24, 2.45) is 0 Å². The first kappa shape index (κ1) is 16.8. The molecule has 2 aromatic carbocycles. The van der Waals surface area contributed by atoms with Crippen LogP contribution in [-0.2, 0) is 6.42 Å². The lowest BCUT2D eigenvalue weighted by molar-refractivity contribution is 0.0953. The smallest absolute Gasteiger partial charge is 0.251 e. The molecule has 0 atom stereocenters. The average Bonchev–Trinajstić information content (AvgIpc) is 2.58. The Labute approximate surface area is 138 Å². The quantitative estimate of drug-likeness (QED) is 0.591. The monoisotopic (exact) mass is 309 g/mol. The molecule has 1 amide bonds. The molecule has 0 bridgehead atoms. The molecule has 0 aliphatic rings. The lowest BCUT2D eigenvalue weighted by Gasteiger charge is -2.09. The van der Waals surface area contributed by atoms with Gasteiger partial charge >= 0.3 is 0 Å². The third-order valence-corrected chi connectivity index (χ3v) is 3.35. The molecule has 0 fully saturated rings. The maximum Gasteiger partial charge on any atom is 0.251 e. The van der Waals surface area contributed by atoms with Gasteiger partial charge in [0.2, 0.25) is 0 Å². The summed E-state index contributed by atoms with van der Waals surface area (Å²) >= 11 is 0. The van der Waals surface area contributed by atoms with Crippen LogP contribution in [0.4, 0.5) is 0 Å². The Bertz CT molecular complexity index is 650. The predicted octanol–water partition coefficient (Wildman–Crippen LogP) is 4.00. The largest absolute Gasteiger partial charge is 0.489 e. The molecular formula is C20H23NO2. The second-order valence-electron chi connectivity index (χ2n) is 5.62. The number of ether oxygens (including phenoxy) is 1. The fraction of sp³-hybridized carbons (Fsp3) is 0.250. The highest BCUT2D eigenvalue weighted by Gasteiger charge is 2.06. The van der Waals surface area contributed by atoms with E-state index in [0.29, 0.717) is 24.5 Å². The molecule has 0 aliphatic heterocycles. The zero-order valence-corrected chi connectivity index (χ0v) is 13.5. The van der Waals surface area contributed by atoms with Crippen LogP contribution in [0.15, 0.2) is 66.7 Å². The SMILES string of the molecule is C=C(C)COc1cccc(C(=O)NCCCc2ccccc2)c1. The molecule has 0 radical (unpaired) electrons. The van der Waals surface area contributed by atoms with E-state index in [1.54, 1.807) is 12.1 Å². The molecule has 120 valence electrons. The van der Waals surface area contributed by atoms with Gasteiger partial charge in [-0.1, -0.05) is 43.0 Å². The van der Waals surface area contributed by atoms with E-state index in [1.807, 2.05) is 37.3 Å². The van der Waals surface area contributed by atoms with Gasteiger partial charge in [0.1, 0.15) is 12.4 Å². The Balaban J connectivity index is 1.79. The number of rotatable bonds is 8. The van der Waals surface area contributed by atoms with Crippen molar-refractivity contribution in [3.05, 3.63) is 77.9 Å². The van der Waals surface area contributed by atoms with Crippen molar-refractivity contribution < 1.29 is 9.53 Å². The topological polar surface area (TPSA) is 38.3 Å². The third kappa shape index (κ3) is 5.99. The van der Waals surface area contributed by atoms with Crippen LogP contribution in [0.3, 0.4) is 0 Å². The predicted molar refractivity (Wildman–Crippen MR) is 93.8 cm³/mol. The molecular weight excluding hydrogens is 286 g/mol. The number of carbonyl (C=O) groups is 1. The van der Waals surface area contributed by atoms with Crippen LogP contribution in [-0.4, -0.2) is 19.1 Å². The van der Waals surface area contributed by atoms with Gasteiger partial charge < -0.3 is 10.1 Å². The number of hydrogen-bond donors (Lipinski definition) is 1. The standard InChI is InChI=1S/C20H23NO2/c1-16(2)15-23-19-12-6-11-18(14-19)20(22)21-13-7-10-17-8-4-3-5-9-17/h3-6,8-9,11-12,14H,1,7,10,13,15H2,2H3,(H,21,22). The molecule has 3 heteroatoms. The third-order valence-electron chi connectivity index (χ3n) is 3.35. The first-order valence-electron chi connectivity index (χ1n) is 7.84. The van der Waals surface area contributed by atoms with E-state index >= 15 is 0 Å². The van der Waals surface area contributed by atoms with Crippen LogP contribution >= 0.6 is 0 Å². The summed E-state index contributed by atoms with van der Waals surface area (Å²) in [6.07, 6.45) is 1.88. The normalized spacial score (nSPS) is 10.1. The summed E-state index contributed by atoms with van der Waals surface area (Å²) in [6.45, 7) is 6.82. The molecule has 23 heavy (non-hydrogen) atoms. The van der Waals surface area contributed by atoms with Crippen LogP contribution in [0.2, 0.25) is 0 Å². The van der Waals surface area contributed by atoms with Gasteiger partial charge in [-0.05, 0) is 49.1 Å². The van der Waals surface area contributed by atoms with Gasteiger partial charge in [-0.2, -0.15) is 0 Å². The summed E-state index contributed by atoms with van der Waals surface area (Å²) < 4.78 is 5.56. The first-order chi connectivity index (χ1) is 11.1. The van der Waals surface area contributed by atoms with Crippen LogP contribution in [0.1, 0.15) is 29.3 Å². The summed E-state index contributed by atoms with van der Waals surface area (Å²) in [4.78, 5) is 12.2. The molecule has 0 heterocycles. The number of benzene rings is 2. The van der Waals surface area contributed by atoms with Crippen molar-refractivity contribution >= 4 is 5.91 Å². The number of carbonyl (C=O) groups excluding carboxylic acids is 1. The Morgan fingerprint density at radius 1 is 1.13 bits per heavy atom. The minimum atomic E-state index is -0.0705. The molecule has 0 unspecified atom stereocenters. The highest BCUT2D eigenvalue weighted by Crippen LogP contribution is 2.14. The fourth-order valence-corrected chi connectivity index (χ4v) is 2.17. The minimum absolute atomic E-state index is 0.0705. The second-order valence-corrected chi connectivity index (χ2v) is 5.62. The molecule has 2 aromatic rings. The fourth-order valence-electron chi connectivity index (χ4n) is 2.17. The van der Waals surface area contributed by atoms with E-state index in [1.165, 1.54) is 5.56 Å². The molecule has 3 nitrogen and oxygen atoms in total. The van der Waals surface area contributed by atoms with Gasteiger partial charge in [-0.25, -0.2) is 0 Å². The van der Waals surface area contributed by atoms with Gasteiger partial charge in [0.05, 0.1) is 0 Å². The lowest BCUT2D eigenvalue weighted by atomic mass is 10.1. The lowest BCUT2D eigenvalue weighted by Crippen LogP contribution is -2.24. The molecule has 0 spiro atoms. The van der Waals surface area contributed by atoms with E-state index in [2.05, 4.69) is 24.0 Å². The van der Waals surface area contributed by atoms with Crippen molar-refractivity contribution in [1.29, 1.82) is 0 Å². The Hall–Kier alpha value is -2.55. The minimum Gasteiger partial charge on any atom is -0.489 e. The molecule has 0 aromatic heterocycles. The van der Waals surface area contributed by atoms with Gasteiger partial charge in [-0.15, -0.1) is 0 Å². The highest BCUT2D eigenvalue weighted by molar-refractivity contribution is 5.94. The number of amides is 1. The summed E-state index contributed by atoms with van der Waals surface area (Å²) in [5.74, 6) is 0.615. The number of nitrogens with one attached hydrogen (secondary N) is 1. The van der Waals surface area contributed by atoms with E-state index in [-0.39, 0.29) is 5.91 Å². The molecule has 0 aliphatic carbocycles. The molecule has 1 N–H and O–H groups in total. The Morgan fingerprint density at radius 2 is 1.91 bits per heavy atom. The van der Waals surface area contributed by atoms with Crippen molar-refractivity contribution in [3.8, 4) is 5.75 Å². The van der Waals surface area contributed by atoms with E-state index in [4.69, 9.17) is 4.74 Å². The van der Waals surface area contributed by atoms with Crippen molar-refractivity contribution in [2.45, 2.75) is 19.8 Å². The van der Waals surface area contributed by atoms with Gasteiger partial charge in [0.15, 0.2) is 0 Å². The van der Waals surface area contributed by atoms with Crippen molar-refractivity contribution in [2.75, 3.05) is 13.2 Å². The summed E-state index contributed by atoms with van der Waals surface area (Å²) in [5, 5.41) is 2.95. The zero-order chi connectivity index (χ0) is 16.5. The molecule has 2 rings (SSSR count). The Kier molecular flexibility index (Phi) is 6.42. The first-order valence-corrected chi connectivity index (χ1v) is 7.84. The maximum atomic E-state index is 12.2. The molecule has 0 saturated carbocycles. The highest BCUT2D eigenvalue weighted by atomic mass is 16.5. The summed E-state index contributed by atoms with van der Waals surface area (Å²) in [7, 11) is 0. The Morgan fingerprint density at radius 3 is 2.65 bits per heavy atom. The number of hydrogen-bond acceptors (Lipinski definition) is 2. The van der Waals surface area contributed by atoms with Crippen molar-refractivity contribution in [3.63, 3.8) is 0 Å². The summed E-state index contributed by atoms with van der Waals surface area (Å²) in [5.41, 5.74) is 2.85. The van der Waals surface area contributed by atoms with E-state index < -0.39 is 0 Å². The van der Waals surface area contributed by atoms with Crippen molar-refractivity contribution in [1.82, 2.24) is 5.32 Å². The van der Waals surface area contributed by atoms with E-state index in [9.17, 15) is 4.79 Å². The van der Waals surface area contributed by atoms with Crippen LogP contribution in [0.5, 0.6) is 5.75 Å². The average molecular weight is 309 g/mol. The maximum absolute atomic E-state index is 12.2. The molecule has 0 saturated heterocycles. The zero-order valence-electron chi connectivity index (χ0n) is 13.5. The van der Waals surface area contributed by atoms with Gasteiger partial charge in [0, 0.05) is 12.1 Å². The van der Waals surface area contributed by atoms with Gasteiger partial charge in [-0.3, -0.25) is 4.79 Å². The van der Waals surface area contributed by atoms with Crippen LogP contribution in [0, 0.1) is 0 Å². The van der Waals surface area contributed by atoms with Crippen LogP contribution in [0.25, 0.3) is 0 Å². The number of aryl methyl sites for hydroxylation is 1. The summed E-state index contributed by atoms with van der Waals surface area (Å²) in [6, 6.07) is 17.5.